The van der Waals surface area contributed by atoms with Crippen molar-refractivity contribution in [1.82, 2.24) is 5.43 Å². The Kier molecular flexibility index (Phi) is 5.67. The standard InChI is InChI=1S/C16H26N2O/c1-2-3-4-5-9-16(18-17)13-7-6-8-15(12-13)19-14-10-11-14/h6-8,12,14,16,18H,2-5,9-11,17H2,1H3. The minimum Gasteiger partial charge on any atom is -0.490 e. The van der Waals surface area contributed by atoms with Crippen molar-refractivity contribution in [3.05, 3.63) is 29.8 Å². The molecule has 1 fully saturated rings. The van der Waals surface area contributed by atoms with Crippen LogP contribution in [-0.4, -0.2) is 6.10 Å². The summed E-state index contributed by atoms with van der Waals surface area (Å²) in [5.41, 5.74) is 4.17. The highest BCUT2D eigenvalue weighted by molar-refractivity contribution is 5.31. The predicted octanol–water partition coefficient (Wildman–Crippen LogP) is 3.70. The Labute approximate surface area is 116 Å². The van der Waals surface area contributed by atoms with Crippen LogP contribution in [0.5, 0.6) is 5.75 Å². The molecule has 0 amide bonds. The van der Waals surface area contributed by atoms with Gasteiger partial charge in [0, 0.05) is 6.04 Å². The Balaban J connectivity index is 1.88. The third-order valence-electron chi connectivity index (χ3n) is 3.64. The van der Waals surface area contributed by atoms with E-state index in [0.29, 0.717) is 6.10 Å². The third kappa shape index (κ3) is 4.84. The van der Waals surface area contributed by atoms with E-state index in [1.165, 1.54) is 44.1 Å². The second-order valence-corrected chi connectivity index (χ2v) is 5.46. The van der Waals surface area contributed by atoms with Crippen molar-refractivity contribution in [2.24, 2.45) is 5.84 Å². The zero-order chi connectivity index (χ0) is 13.5. The highest BCUT2D eigenvalue weighted by Crippen LogP contribution is 2.29. The van der Waals surface area contributed by atoms with Gasteiger partial charge in [-0.3, -0.25) is 11.3 Å². The smallest absolute Gasteiger partial charge is 0.120 e. The van der Waals surface area contributed by atoms with Crippen LogP contribution < -0.4 is 16.0 Å². The van der Waals surface area contributed by atoms with Crippen molar-refractivity contribution < 1.29 is 4.74 Å². The van der Waals surface area contributed by atoms with Gasteiger partial charge < -0.3 is 4.74 Å². The van der Waals surface area contributed by atoms with Crippen LogP contribution in [0, 0.1) is 0 Å². The van der Waals surface area contributed by atoms with Crippen LogP contribution in [-0.2, 0) is 0 Å². The molecule has 0 radical (unpaired) electrons. The number of benzene rings is 1. The maximum absolute atomic E-state index is 5.84. The third-order valence-corrected chi connectivity index (χ3v) is 3.64. The summed E-state index contributed by atoms with van der Waals surface area (Å²) in [5, 5.41) is 0. The molecule has 106 valence electrons. The number of rotatable bonds is 9. The summed E-state index contributed by atoms with van der Waals surface area (Å²) >= 11 is 0. The van der Waals surface area contributed by atoms with Gasteiger partial charge in [0.15, 0.2) is 0 Å². The topological polar surface area (TPSA) is 47.3 Å². The SMILES string of the molecule is CCCCCCC(NN)c1cccc(OC2CC2)c1. The zero-order valence-corrected chi connectivity index (χ0v) is 11.9. The number of unbranched alkanes of at least 4 members (excludes halogenated alkanes) is 3. The van der Waals surface area contributed by atoms with Crippen LogP contribution in [0.15, 0.2) is 24.3 Å². The van der Waals surface area contributed by atoms with Gasteiger partial charge in [0.2, 0.25) is 0 Å². The molecule has 0 aliphatic heterocycles. The molecule has 1 atom stereocenters. The summed E-state index contributed by atoms with van der Waals surface area (Å²) in [5.74, 6) is 6.67. The summed E-state index contributed by atoms with van der Waals surface area (Å²) < 4.78 is 5.84. The second-order valence-electron chi connectivity index (χ2n) is 5.46. The van der Waals surface area contributed by atoms with Crippen LogP contribution in [0.3, 0.4) is 0 Å². The molecule has 0 heterocycles. The molecular weight excluding hydrogens is 236 g/mol. The fourth-order valence-electron chi connectivity index (χ4n) is 2.30. The number of hydrogen-bond donors (Lipinski definition) is 2. The van der Waals surface area contributed by atoms with E-state index < -0.39 is 0 Å². The maximum Gasteiger partial charge on any atom is 0.120 e. The van der Waals surface area contributed by atoms with E-state index in [4.69, 9.17) is 10.6 Å². The number of nitrogens with two attached hydrogens (primary N) is 1. The van der Waals surface area contributed by atoms with Gasteiger partial charge in [0.05, 0.1) is 6.10 Å². The first-order valence-electron chi connectivity index (χ1n) is 7.56. The average Bonchev–Trinajstić information content (AvgIpc) is 3.23. The van der Waals surface area contributed by atoms with E-state index in [-0.39, 0.29) is 6.04 Å². The van der Waals surface area contributed by atoms with Gasteiger partial charge in [0.25, 0.3) is 0 Å². The molecule has 3 N–H and O–H groups in total. The Hall–Kier alpha value is -1.06. The minimum absolute atomic E-state index is 0.236. The van der Waals surface area contributed by atoms with E-state index in [1.807, 2.05) is 6.07 Å². The first-order valence-corrected chi connectivity index (χ1v) is 7.56. The lowest BCUT2D eigenvalue weighted by Crippen LogP contribution is -2.28. The summed E-state index contributed by atoms with van der Waals surface area (Å²) in [4.78, 5) is 0. The molecule has 0 bridgehead atoms. The number of ether oxygens (including phenoxy) is 1. The Bertz CT molecular complexity index is 377. The molecule has 1 aromatic carbocycles. The van der Waals surface area contributed by atoms with Crippen LogP contribution in [0.2, 0.25) is 0 Å². The fraction of sp³-hybridized carbons (Fsp3) is 0.625. The van der Waals surface area contributed by atoms with E-state index in [1.54, 1.807) is 0 Å². The van der Waals surface area contributed by atoms with Crippen molar-refractivity contribution >= 4 is 0 Å². The molecule has 1 saturated carbocycles. The van der Waals surface area contributed by atoms with Crippen LogP contribution in [0.25, 0.3) is 0 Å². The molecule has 1 aromatic rings. The molecule has 1 aliphatic rings. The molecule has 3 nitrogen and oxygen atoms in total. The molecule has 1 unspecified atom stereocenters. The van der Waals surface area contributed by atoms with Crippen LogP contribution >= 0.6 is 0 Å². The molecule has 1 aliphatic carbocycles. The highest BCUT2D eigenvalue weighted by atomic mass is 16.5. The first kappa shape index (κ1) is 14.4. The van der Waals surface area contributed by atoms with Gasteiger partial charge in [-0.15, -0.1) is 0 Å². The van der Waals surface area contributed by atoms with Gasteiger partial charge in [-0.2, -0.15) is 0 Å². The summed E-state index contributed by atoms with van der Waals surface area (Å²) in [6, 6.07) is 8.59. The van der Waals surface area contributed by atoms with Gasteiger partial charge in [0.1, 0.15) is 5.75 Å². The lowest BCUT2D eigenvalue weighted by atomic mass is 10.0. The number of hydrogen-bond acceptors (Lipinski definition) is 3. The molecule has 0 spiro atoms. The Morgan fingerprint density at radius 3 is 2.84 bits per heavy atom. The van der Waals surface area contributed by atoms with Crippen molar-refractivity contribution in [2.75, 3.05) is 0 Å². The molecule has 0 aromatic heterocycles. The normalized spacial score (nSPS) is 16.3. The van der Waals surface area contributed by atoms with Crippen molar-refractivity contribution in [1.29, 1.82) is 0 Å². The van der Waals surface area contributed by atoms with Gasteiger partial charge in [-0.05, 0) is 37.0 Å². The zero-order valence-electron chi connectivity index (χ0n) is 11.9. The molecular formula is C16H26N2O. The van der Waals surface area contributed by atoms with E-state index in [0.717, 1.165) is 12.2 Å². The molecule has 19 heavy (non-hydrogen) atoms. The number of nitrogens with one attached hydrogen (secondary N) is 1. The van der Waals surface area contributed by atoms with Gasteiger partial charge in [-0.1, -0.05) is 44.7 Å². The Morgan fingerprint density at radius 2 is 2.16 bits per heavy atom. The van der Waals surface area contributed by atoms with Gasteiger partial charge in [-0.25, -0.2) is 0 Å². The Morgan fingerprint density at radius 1 is 1.32 bits per heavy atom. The number of hydrazine groups is 1. The minimum atomic E-state index is 0.236. The van der Waals surface area contributed by atoms with E-state index in [2.05, 4.69) is 30.5 Å². The van der Waals surface area contributed by atoms with Crippen LogP contribution in [0.1, 0.15) is 63.5 Å². The maximum atomic E-state index is 5.84. The van der Waals surface area contributed by atoms with Crippen molar-refractivity contribution in [3.63, 3.8) is 0 Å². The van der Waals surface area contributed by atoms with E-state index >= 15 is 0 Å². The quantitative estimate of drug-likeness (QED) is 0.405. The first-order chi connectivity index (χ1) is 9.33. The second kappa shape index (κ2) is 7.51. The van der Waals surface area contributed by atoms with Gasteiger partial charge >= 0.3 is 0 Å². The molecule has 3 heteroatoms. The molecule has 2 rings (SSSR count). The summed E-state index contributed by atoms with van der Waals surface area (Å²) in [6.45, 7) is 2.23. The summed E-state index contributed by atoms with van der Waals surface area (Å²) in [6.07, 6.45) is 9.00. The monoisotopic (exact) mass is 262 g/mol. The van der Waals surface area contributed by atoms with Crippen molar-refractivity contribution in [3.8, 4) is 5.75 Å². The molecule has 0 saturated heterocycles. The largest absolute Gasteiger partial charge is 0.490 e. The lowest BCUT2D eigenvalue weighted by molar-refractivity contribution is 0.302. The van der Waals surface area contributed by atoms with Crippen LogP contribution in [0.4, 0.5) is 0 Å². The average molecular weight is 262 g/mol. The van der Waals surface area contributed by atoms with E-state index in [9.17, 15) is 0 Å². The lowest BCUT2D eigenvalue weighted by Gasteiger charge is -2.17. The highest BCUT2D eigenvalue weighted by Gasteiger charge is 2.23. The van der Waals surface area contributed by atoms with Crippen molar-refractivity contribution in [2.45, 2.75) is 64.0 Å². The summed E-state index contributed by atoms with van der Waals surface area (Å²) in [7, 11) is 0. The predicted molar refractivity (Wildman–Crippen MR) is 78.9 cm³/mol. The fourth-order valence-corrected chi connectivity index (χ4v) is 2.30.